The van der Waals surface area contributed by atoms with Gasteiger partial charge < -0.3 is 16.6 Å². The van der Waals surface area contributed by atoms with Gasteiger partial charge in [0.15, 0.2) is 11.9 Å². The molecule has 0 aromatic carbocycles. The number of aliphatic hydroxyl groups excluding tert-OH is 1. The van der Waals surface area contributed by atoms with Crippen LogP contribution in [0.4, 0.5) is 0 Å². The molecule has 0 amide bonds. The zero-order valence-corrected chi connectivity index (χ0v) is 5.81. The highest BCUT2D eigenvalue weighted by Gasteiger charge is 1.83. The highest BCUT2D eigenvalue weighted by atomic mass is 16.2. The van der Waals surface area contributed by atoms with Crippen LogP contribution < -0.4 is 16.8 Å². The lowest BCUT2D eigenvalue weighted by atomic mass is 10.9. The third kappa shape index (κ3) is 29.9. The maximum absolute atomic E-state index is 7.57. The van der Waals surface area contributed by atoms with Crippen LogP contribution in [0.5, 0.6) is 0 Å². The first-order chi connectivity index (χ1) is 4.54. The van der Waals surface area contributed by atoms with Gasteiger partial charge in [0, 0.05) is 6.61 Å². The Morgan fingerprint density at radius 3 is 1.60 bits per heavy atom. The number of aliphatic hydroxyl groups is 1. The Hall–Kier alpha value is -1.30. The summed E-state index contributed by atoms with van der Waals surface area (Å²) in [5.74, 6) is -0.625. The molecule has 0 aliphatic rings. The maximum Gasteiger partial charge on any atom is 0.192 e. The Morgan fingerprint density at radius 1 is 1.40 bits per heavy atom. The van der Waals surface area contributed by atoms with Gasteiger partial charge in [0.05, 0.1) is 0 Å². The van der Waals surface area contributed by atoms with E-state index in [4.69, 9.17) is 27.4 Å². The number of guanidine groups is 2. The van der Waals surface area contributed by atoms with Crippen LogP contribution in [0.2, 0.25) is 0 Å². The number of rotatable bonds is 0. The lowest BCUT2D eigenvalue weighted by Gasteiger charge is -1.95. The van der Waals surface area contributed by atoms with Crippen molar-refractivity contribution < 1.29 is 5.11 Å². The second-order valence-electron chi connectivity index (χ2n) is 1.27. The van der Waals surface area contributed by atoms with Crippen LogP contribution in [-0.2, 0) is 0 Å². The first-order valence-electron chi connectivity index (χ1n) is 2.60. The van der Waals surface area contributed by atoms with Crippen molar-refractivity contribution in [2.75, 3.05) is 6.61 Å². The molecular weight excluding hydrogens is 134 g/mol. The minimum absolute atomic E-state index is 0.250. The van der Waals surface area contributed by atoms with Crippen molar-refractivity contribution in [2.45, 2.75) is 6.92 Å². The van der Waals surface area contributed by atoms with E-state index in [2.05, 4.69) is 0 Å². The fraction of sp³-hybridized carbons (Fsp3) is 0.500. The second-order valence-corrected chi connectivity index (χ2v) is 1.27. The van der Waals surface area contributed by atoms with Crippen LogP contribution in [0.1, 0.15) is 6.92 Å². The lowest BCUT2D eigenvalue weighted by molar-refractivity contribution is 0.318. The molecule has 0 saturated carbocycles. The molecule has 10 heavy (non-hydrogen) atoms. The highest BCUT2D eigenvalue weighted by molar-refractivity contribution is 5.93. The number of nitrogens with one attached hydrogen (secondary N) is 3. The zero-order chi connectivity index (χ0) is 8.57. The normalized spacial score (nSPS) is 7.00. The fourth-order valence-corrected chi connectivity index (χ4v) is 0.145. The van der Waals surface area contributed by atoms with Crippen molar-refractivity contribution in [3.8, 4) is 0 Å². The molecule has 0 unspecified atom stereocenters. The quantitative estimate of drug-likeness (QED) is 0.181. The van der Waals surface area contributed by atoms with Gasteiger partial charge in [0.25, 0.3) is 0 Å². The van der Waals surface area contributed by atoms with Crippen LogP contribution in [0.15, 0.2) is 0 Å². The van der Waals surface area contributed by atoms with Crippen molar-refractivity contribution in [3.05, 3.63) is 0 Å². The summed E-state index contributed by atoms with van der Waals surface area (Å²) in [6.45, 7) is 1.93. The van der Waals surface area contributed by atoms with E-state index < -0.39 is 0 Å². The van der Waals surface area contributed by atoms with Gasteiger partial charge >= 0.3 is 0 Å². The van der Waals surface area contributed by atoms with E-state index in [0.29, 0.717) is 0 Å². The van der Waals surface area contributed by atoms with Crippen molar-refractivity contribution in [2.24, 2.45) is 11.5 Å². The minimum Gasteiger partial charge on any atom is -0.397 e. The molecule has 0 saturated heterocycles. The van der Waals surface area contributed by atoms with Crippen molar-refractivity contribution in [3.63, 3.8) is 0 Å². The van der Waals surface area contributed by atoms with Crippen LogP contribution in [-0.4, -0.2) is 23.6 Å². The SMILES string of the molecule is CCO.N=C(N)NC(=N)N. The Kier molecular flexibility index (Phi) is 8.85. The van der Waals surface area contributed by atoms with Crippen LogP contribution in [0.3, 0.4) is 0 Å². The van der Waals surface area contributed by atoms with Gasteiger partial charge in [0.2, 0.25) is 0 Å². The third-order valence-corrected chi connectivity index (χ3v) is 0.269. The van der Waals surface area contributed by atoms with E-state index >= 15 is 0 Å². The highest BCUT2D eigenvalue weighted by Crippen LogP contribution is 1.44. The molecule has 0 aliphatic carbocycles. The molecule has 6 heteroatoms. The van der Waals surface area contributed by atoms with E-state index in [1.165, 1.54) is 0 Å². The summed E-state index contributed by atoms with van der Waals surface area (Å²) in [7, 11) is 0. The topological polar surface area (TPSA) is 132 Å². The van der Waals surface area contributed by atoms with Crippen molar-refractivity contribution in [1.29, 1.82) is 10.8 Å². The average molecular weight is 147 g/mol. The summed E-state index contributed by atoms with van der Waals surface area (Å²) in [4.78, 5) is 0. The summed E-state index contributed by atoms with van der Waals surface area (Å²) < 4.78 is 0. The molecule has 0 aromatic rings. The largest absolute Gasteiger partial charge is 0.397 e. The summed E-state index contributed by atoms with van der Waals surface area (Å²) >= 11 is 0. The van der Waals surface area contributed by atoms with Crippen molar-refractivity contribution >= 4 is 11.9 Å². The van der Waals surface area contributed by atoms with E-state index in [1.54, 1.807) is 6.92 Å². The molecule has 6 nitrogen and oxygen atoms in total. The first-order valence-corrected chi connectivity index (χ1v) is 2.60. The van der Waals surface area contributed by atoms with E-state index in [-0.39, 0.29) is 18.5 Å². The molecule has 8 N–H and O–H groups in total. The summed E-state index contributed by atoms with van der Waals surface area (Å²) in [6.07, 6.45) is 0. The first kappa shape index (κ1) is 11.5. The molecule has 0 aliphatic heterocycles. The molecule has 60 valence electrons. The minimum atomic E-state index is -0.312. The molecule has 0 aromatic heterocycles. The van der Waals surface area contributed by atoms with Crippen LogP contribution >= 0.6 is 0 Å². The van der Waals surface area contributed by atoms with Gasteiger partial charge in [-0.1, -0.05) is 0 Å². The van der Waals surface area contributed by atoms with Gasteiger partial charge in [-0.3, -0.25) is 16.1 Å². The predicted octanol–water partition coefficient (Wildman–Crippen LogP) is -1.64. The van der Waals surface area contributed by atoms with E-state index in [9.17, 15) is 0 Å². The van der Waals surface area contributed by atoms with E-state index in [1.807, 2.05) is 5.32 Å². The van der Waals surface area contributed by atoms with Gasteiger partial charge in [-0.05, 0) is 6.92 Å². The summed E-state index contributed by atoms with van der Waals surface area (Å²) in [5.41, 5.74) is 9.49. The van der Waals surface area contributed by atoms with Crippen molar-refractivity contribution in [1.82, 2.24) is 5.32 Å². The summed E-state index contributed by atoms with van der Waals surface area (Å²) in [6, 6.07) is 0. The fourth-order valence-electron chi connectivity index (χ4n) is 0.145. The van der Waals surface area contributed by atoms with Gasteiger partial charge in [-0.15, -0.1) is 0 Å². The number of hydrogen-bond donors (Lipinski definition) is 6. The maximum atomic E-state index is 7.57. The molecule has 0 fully saturated rings. The van der Waals surface area contributed by atoms with Crippen LogP contribution in [0, 0.1) is 10.8 Å². The van der Waals surface area contributed by atoms with Gasteiger partial charge in [-0.25, -0.2) is 0 Å². The molecule has 0 atom stereocenters. The monoisotopic (exact) mass is 147 g/mol. The Morgan fingerprint density at radius 2 is 1.60 bits per heavy atom. The number of nitrogens with two attached hydrogens (primary N) is 2. The Labute approximate surface area is 59.2 Å². The molecule has 0 bridgehead atoms. The average Bonchev–Trinajstić information content (AvgIpc) is 1.62. The molecule has 0 spiro atoms. The number of hydrogen-bond acceptors (Lipinski definition) is 3. The third-order valence-electron chi connectivity index (χ3n) is 0.269. The molecule has 0 radical (unpaired) electrons. The van der Waals surface area contributed by atoms with Gasteiger partial charge in [0.1, 0.15) is 0 Å². The Bertz CT molecular complexity index is 100. The second kappa shape index (κ2) is 7.70. The lowest BCUT2D eigenvalue weighted by Crippen LogP contribution is -2.39. The Balaban J connectivity index is 0. The summed E-state index contributed by atoms with van der Waals surface area (Å²) in [5, 5.41) is 22.5. The standard InChI is InChI=1S/C2H7N5.C2H6O/c3-1(4)7-2(5)6;1-2-3/h(H7,3,4,5,6,7);3H,2H2,1H3. The van der Waals surface area contributed by atoms with Crippen LogP contribution in [0.25, 0.3) is 0 Å². The van der Waals surface area contributed by atoms with Gasteiger partial charge in [-0.2, -0.15) is 0 Å². The zero-order valence-electron chi connectivity index (χ0n) is 5.81. The van der Waals surface area contributed by atoms with E-state index in [0.717, 1.165) is 0 Å². The molecular formula is C4H13N5O. The molecule has 0 heterocycles. The smallest absolute Gasteiger partial charge is 0.192 e. The predicted molar refractivity (Wildman–Crippen MR) is 39.7 cm³/mol. The molecule has 0 rings (SSSR count).